The van der Waals surface area contributed by atoms with Crippen molar-refractivity contribution in [2.45, 2.75) is 31.5 Å². The summed E-state index contributed by atoms with van der Waals surface area (Å²) in [5, 5.41) is 9.13. The third-order valence-corrected chi connectivity index (χ3v) is 3.35. The Bertz CT molecular complexity index is 315. The highest BCUT2D eigenvalue weighted by Crippen LogP contribution is 2.21. The van der Waals surface area contributed by atoms with Crippen LogP contribution in [0, 0.1) is 0 Å². The molecule has 3 nitrogen and oxygen atoms in total. The summed E-state index contributed by atoms with van der Waals surface area (Å²) in [6.45, 7) is 2.11. The number of nitrogens with two attached hydrogens (primary N) is 1. The van der Waals surface area contributed by atoms with Crippen LogP contribution in [0.5, 0.6) is 0 Å². The minimum atomic E-state index is -0.105. The van der Waals surface area contributed by atoms with Gasteiger partial charge in [0, 0.05) is 18.6 Å². The number of aliphatic hydroxyl groups excluding tert-OH is 1. The van der Waals surface area contributed by atoms with Crippen molar-refractivity contribution in [3.63, 3.8) is 0 Å². The number of hydrogen-bond donors (Lipinski definition) is 2. The number of likely N-dealkylation sites (tertiary alicyclic amines) is 1. The minimum Gasteiger partial charge on any atom is -0.395 e. The standard InChI is InChI=1S/C13H20N2O/c14-12(10-16)13-7-4-8-15(13)9-11-5-2-1-3-6-11/h1-3,5-6,12-13,16H,4,7-10,14H2/t12-,13?/m0/s1. The van der Waals surface area contributed by atoms with Crippen LogP contribution >= 0.6 is 0 Å². The zero-order chi connectivity index (χ0) is 11.4. The molecule has 0 radical (unpaired) electrons. The summed E-state index contributed by atoms with van der Waals surface area (Å²) in [4.78, 5) is 2.39. The molecule has 3 N–H and O–H groups in total. The number of aliphatic hydroxyl groups is 1. The van der Waals surface area contributed by atoms with Crippen LogP contribution in [-0.2, 0) is 6.54 Å². The normalized spacial score (nSPS) is 23.5. The molecule has 1 aromatic rings. The van der Waals surface area contributed by atoms with Gasteiger partial charge in [0.1, 0.15) is 0 Å². The van der Waals surface area contributed by atoms with Crippen molar-refractivity contribution in [2.24, 2.45) is 5.73 Å². The lowest BCUT2D eigenvalue weighted by Gasteiger charge is -2.28. The summed E-state index contributed by atoms with van der Waals surface area (Å²) in [7, 11) is 0. The molecule has 88 valence electrons. The zero-order valence-corrected chi connectivity index (χ0v) is 9.55. The van der Waals surface area contributed by atoms with E-state index < -0.39 is 0 Å². The van der Waals surface area contributed by atoms with E-state index in [0.717, 1.165) is 19.5 Å². The maximum Gasteiger partial charge on any atom is 0.0597 e. The van der Waals surface area contributed by atoms with E-state index in [1.807, 2.05) is 6.07 Å². The van der Waals surface area contributed by atoms with Gasteiger partial charge in [-0.1, -0.05) is 30.3 Å². The second kappa shape index (κ2) is 5.43. The highest BCUT2D eigenvalue weighted by atomic mass is 16.3. The molecule has 0 aliphatic carbocycles. The van der Waals surface area contributed by atoms with Gasteiger partial charge in [-0.15, -0.1) is 0 Å². The second-order valence-electron chi connectivity index (χ2n) is 4.51. The second-order valence-corrected chi connectivity index (χ2v) is 4.51. The summed E-state index contributed by atoms with van der Waals surface area (Å²) >= 11 is 0. The average molecular weight is 220 g/mol. The average Bonchev–Trinajstić information content (AvgIpc) is 2.77. The molecule has 0 saturated carbocycles. The van der Waals surface area contributed by atoms with Gasteiger partial charge in [0.15, 0.2) is 0 Å². The summed E-state index contributed by atoms with van der Waals surface area (Å²) in [5.74, 6) is 0. The molecular formula is C13H20N2O. The molecule has 1 unspecified atom stereocenters. The van der Waals surface area contributed by atoms with Crippen LogP contribution in [0.15, 0.2) is 30.3 Å². The van der Waals surface area contributed by atoms with Crippen LogP contribution in [0.4, 0.5) is 0 Å². The third-order valence-electron chi connectivity index (χ3n) is 3.35. The van der Waals surface area contributed by atoms with E-state index in [0.29, 0.717) is 6.04 Å². The van der Waals surface area contributed by atoms with Crippen molar-refractivity contribution < 1.29 is 5.11 Å². The topological polar surface area (TPSA) is 49.5 Å². The van der Waals surface area contributed by atoms with Gasteiger partial charge in [-0.05, 0) is 24.9 Å². The number of rotatable bonds is 4. The van der Waals surface area contributed by atoms with Crippen molar-refractivity contribution in [1.82, 2.24) is 4.90 Å². The fourth-order valence-electron chi connectivity index (χ4n) is 2.47. The van der Waals surface area contributed by atoms with Gasteiger partial charge >= 0.3 is 0 Å². The number of benzene rings is 1. The Labute approximate surface area is 96.9 Å². The molecule has 2 rings (SSSR count). The molecule has 1 saturated heterocycles. The van der Waals surface area contributed by atoms with Gasteiger partial charge < -0.3 is 10.8 Å². The molecule has 2 atom stereocenters. The highest BCUT2D eigenvalue weighted by Gasteiger charge is 2.28. The van der Waals surface area contributed by atoms with E-state index >= 15 is 0 Å². The Balaban J connectivity index is 1.99. The molecule has 1 heterocycles. The molecule has 1 aliphatic heterocycles. The maximum atomic E-state index is 9.13. The summed E-state index contributed by atoms with van der Waals surface area (Å²) < 4.78 is 0. The lowest BCUT2D eigenvalue weighted by molar-refractivity contribution is 0.164. The van der Waals surface area contributed by atoms with Gasteiger partial charge in [0.2, 0.25) is 0 Å². The van der Waals surface area contributed by atoms with Gasteiger partial charge in [-0.3, -0.25) is 4.90 Å². The van der Waals surface area contributed by atoms with Crippen molar-refractivity contribution in [1.29, 1.82) is 0 Å². The number of nitrogens with zero attached hydrogens (tertiary/aromatic N) is 1. The fourth-order valence-corrected chi connectivity index (χ4v) is 2.47. The van der Waals surface area contributed by atoms with Crippen LogP contribution in [0.25, 0.3) is 0 Å². The quantitative estimate of drug-likeness (QED) is 0.795. The van der Waals surface area contributed by atoms with Crippen LogP contribution < -0.4 is 5.73 Å². The van der Waals surface area contributed by atoms with Crippen LogP contribution in [0.1, 0.15) is 18.4 Å². The monoisotopic (exact) mass is 220 g/mol. The van der Waals surface area contributed by atoms with E-state index in [1.54, 1.807) is 0 Å². The van der Waals surface area contributed by atoms with Crippen molar-refractivity contribution in [2.75, 3.05) is 13.2 Å². The largest absolute Gasteiger partial charge is 0.395 e. The molecule has 0 spiro atoms. The Morgan fingerprint density at radius 1 is 1.38 bits per heavy atom. The molecule has 3 heteroatoms. The minimum absolute atomic E-state index is 0.0793. The van der Waals surface area contributed by atoms with Gasteiger partial charge in [0.05, 0.1) is 6.61 Å². The lowest BCUT2D eigenvalue weighted by atomic mass is 10.1. The summed E-state index contributed by atoms with van der Waals surface area (Å²) in [5.41, 5.74) is 7.25. The van der Waals surface area contributed by atoms with Crippen molar-refractivity contribution in [3.8, 4) is 0 Å². The first kappa shape index (κ1) is 11.6. The first-order chi connectivity index (χ1) is 7.81. The van der Waals surface area contributed by atoms with E-state index in [9.17, 15) is 0 Å². The highest BCUT2D eigenvalue weighted by molar-refractivity contribution is 5.15. The molecule has 1 aliphatic rings. The molecule has 1 aromatic carbocycles. The Morgan fingerprint density at radius 3 is 2.81 bits per heavy atom. The van der Waals surface area contributed by atoms with E-state index in [2.05, 4.69) is 29.2 Å². The molecule has 0 amide bonds. The molecule has 0 bridgehead atoms. The van der Waals surface area contributed by atoms with Gasteiger partial charge in [-0.2, -0.15) is 0 Å². The predicted molar refractivity (Wildman–Crippen MR) is 64.9 cm³/mol. The maximum absolute atomic E-state index is 9.13. The number of hydrogen-bond acceptors (Lipinski definition) is 3. The van der Waals surface area contributed by atoms with Gasteiger partial charge in [-0.25, -0.2) is 0 Å². The first-order valence-electron chi connectivity index (χ1n) is 5.95. The van der Waals surface area contributed by atoms with E-state index in [4.69, 9.17) is 10.8 Å². The Morgan fingerprint density at radius 2 is 2.12 bits per heavy atom. The van der Waals surface area contributed by atoms with E-state index in [-0.39, 0.29) is 12.6 Å². The van der Waals surface area contributed by atoms with Gasteiger partial charge in [0.25, 0.3) is 0 Å². The smallest absolute Gasteiger partial charge is 0.0597 e. The molecule has 0 aromatic heterocycles. The Hall–Kier alpha value is -0.900. The molecular weight excluding hydrogens is 200 g/mol. The molecule has 16 heavy (non-hydrogen) atoms. The van der Waals surface area contributed by atoms with Crippen molar-refractivity contribution >= 4 is 0 Å². The first-order valence-corrected chi connectivity index (χ1v) is 5.95. The Kier molecular flexibility index (Phi) is 3.93. The fraction of sp³-hybridized carbons (Fsp3) is 0.538. The zero-order valence-electron chi connectivity index (χ0n) is 9.55. The van der Waals surface area contributed by atoms with Crippen molar-refractivity contribution in [3.05, 3.63) is 35.9 Å². The van der Waals surface area contributed by atoms with Crippen LogP contribution in [-0.4, -0.2) is 35.2 Å². The van der Waals surface area contributed by atoms with Crippen LogP contribution in [0.3, 0.4) is 0 Å². The van der Waals surface area contributed by atoms with E-state index in [1.165, 1.54) is 12.0 Å². The summed E-state index contributed by atoms with van der Waals surface area (Å²) in [6, 6.07) is 10.7. The third kappa shape index (κ3) is 2.61. The predicted octanol–water partition coefficient (Wildman–Crippen LogP) is 0.971. The summed E-state index contributed by atoms with van der Waals surface area (Å²) in [6.07, 6.45) is 2.29. The van der Waals surface area contributed by atoms with Crippen LogP contribution in [0.2, 0.25) is 0 Å². The lowest BCUT2D eigenvalue weighted by Crippen LogP contribution is -2.45. The SMILES string of the molecule is N[C@@H](CO)C1CCCN1Cc1ccccc1. The molecule has 1 fully saturated rings.